The third-order valence-corrected chi connectivity index (χ3v) is 4.72. The lowest BCUT2D eigenvalue weighted by molar-refractivity contribution is -0.396. The van der Waals surface area contributed by atoms with Crippen molar-refractivity contribution in [1.29, 1.82) is 0 Å². The molecule has 0 aromatic heterocycles. The number of alkyl halides is 4. The summed E-state index contributed by atoms with van der Waals surface area (Å²) < 4.78 is 63.2. The number of rotatable bonds is 5. The smallest absolute Gasteiger partial charge is 0.389 e. The van der Waals surface area contributed by atoms with Crippen LogP contribution in [-0.2, 0) is 9.47 Å². The fraction of sp³-hybridized carbons (Fsp3) is 0.100. The molecule has 4 amide bonds. The van der Waals surface area contributed by atoms with E-state index in [0.717, 1.165) is 24.3 Å². The Morgan fingerprint density at radius 2 is 0.912 bits per heavy atom. The van der Waals surface area contributed by atoms with Crippen LogP contribution in [0.5, 0.6) is 0 Å². The Hall–Kier alpha value is -4.62. The highest BCUT2D eigenvalue weighted by atomic mass is 19.3. The molecule has 2 N–H and O–H groups in total. The van der Waals surface area contributed by atoms with Crippen LogP contribution in [0.1, 0.15) is 62.1 Å². The van der Waals surface area contributed by atoms with Gasteiger partial charge >= 0.3 is 24.2 Å². The van der Waals surface area contributed by atoms with E-state index in [-0.39, 0.29) is 22.3 Å². The Balaban J connectivity index is 1.51. The second-order valence-corrected chi connectivity index (χ2v) is 6.90. The minimum Gasteiger partial charge on any atom is -0.389 e. The molecule has 34 heavy (non-hydrogen) atoms. The van der Waals surface area contributed by atoms with E-state index < -0.39 is 58.9 Å². The number of imide groups is 2. The standard InChI is InChI=1S/C20H8F4N2O8/c21-19(22,33-17(31)7-1-3-9-11(5-7)15(29)25-13(9)27)20(23,24)34-18(32)8-2-4-10-12(6-8)16(30)26-14(10)28/h1-6H,(H,25,27,29)(H,26,28,30). The molecule has 2 aromatic carbocycles. The van der Waals surface area contributed by atoms with E-state index >= 15 is 0 Å². The van der Waals surface area contributed by atoms with Crippen molar-refractivity contribution in [2.24, 2.45) is 0 Å². The maximum atomic E-state index is 14.0. The summed E-state index contributed by atoms with van der Waals surface area (Å²) in [6.45, 7) is 0. The number of carbonyl (C=O) groups excluding carboxylic acids is 6. The Morgan fingerprint density at radius 1 is 0.588 bits per heavy atom. The van der Waals surface area contributed by atoms with Crippen molar-refractivity contribution >= 4 is 35.6 Å². The van der Waals surface area contributed by atoms with Gasteiger partial charge in [0.1, 0.15) is 0 Å². The van der Waals surface area contributed by atoms with Gasteiger partial charge in [0, 0.05) is 0 Å². The highest BCUT2D eigenvalue weighted by Crippen LogP contribution is 2.38. The maximum Gasteiger partial charge on any atom is 0.510 e. The monoisotopic (exact) mass is 480 g/mol. The molecular formula is C20H8F4N2O8. The van der Waals surface area contributed by atoms with E-state index in [4.69, 9.17) is 0 Å². The first-order valence-corrected chi connectivity index (χ1v) is 9.02. The van der Waals surface area contributed by atoms with Gasteiger partial charge in [0.2, 0.25) is 0 Å². The maximum absolute atomic E-state index is 14.0. The molecule has 0 radical (unpaired) electrons. The number of esters is 2. The summed E-state index contributed by atoms with van der Waals surface area (Å²) in [5.41, 5.74) is -2.59. The molecule has 2 aliphatic heterocycles. The van der Waals surface area contributed by atoms with Gasteiger partial charge in [0.25, 0.3) is 23.6 Å². The van der Waals surface area contributed by atoms with E-state index in [1.54, 1.807) is 0 Å². The van der Waals surface area contributed by atoms with Gasteiger partial charge in [0.15, 0.2) is 0 Å². The third kappa shape index (κ3) is 3.64. The lowest BCUT2D eigenvalue weighted by Gasteiger charge is -2.24. The van der Waals surface area contributed by atoms with Crippen molar-refractivity contribution in [1.82, 2.24) is 10.6 Å². The van der Waals surface area contributed by atoms with Crippen LogP contribution in [0.25, 0.3) is 0 Å². The molecule has 4 rings (SSSR count). The molecule has 0 atom stereocenters. The first kappa shape index (κ1) is 22.6. The van der Waals surface area contributed by atoms with Crippen molar-refractivity contribution < 1.29 is 55.8 Å². The molecule has 2 heterocycles. The lowest BCUT2D eigenvalue weighted by atomic mass is 10.1. The molecule has 0 bridgehead atoms. The third-order valence-electron chi connectivity index (χ3n) is 4.72. The van der Waals surface area contributed by atoms with Crippen LogP contribution >= 0.6 is 0 Å². The average Bonchev–Trinajstić information content (AvgIpc) is 3.21. The number of hydrogen-bond acceptors (Lipinski definition) is 8. The fourth-order valence-corrected chi connectivity index (χ4v) is 3.06. The minimum absolute atomic E-state index is 0.169. The molecule has 0 saturated heterocycles. The van der Waals surface area contributed by atoms with E-state index in [1.165, 1.54) is 0 Å². The van der Waals surface area contributed by atoms with Crippen LogP contribution in [0.15, 0.2) is 36.4 Å². The number of nitrogens with one attached hydrogen (secondary N) is 2. The van der Waals surface area contributed by atoms with Crippen LogP contribution in [0, 0.1) is 0 Å². The van der Waals surface area contributed by atoms with Crippen molar-refractivity contribution in [3.63, 3.8) is 0 Å². The van der Waals surface area contributed by atoms with Crippen LogP contribution < -0.4 is 10.6 Å². The summed E-state index contributed by atoms with van der Waals surface area (Å²) in [6.07, 6.45) is -11.3. The number of ether oxygens (including phenoxy) is 2. The highest BCUT2D eigenvalue weighted by molar-refractivity contribution is 6.22. The quantitative estimate of drug-likeness (QED) is 0.374. The molecule has 174 valence electrons. The zero-order valence-corrected chi connectivity index (χ0v) is 16.2. The molecule has 14 heteroatoms. The molecule has 0 saturated carbocycles. The van der Waals surface area contributed by atoms with Gasteiger partial charge < -0.3 is 9.47 Å². The molecule has 0 unspecified atom stereocenters. The van der Waals surface area contributed by atoms with Crippen molar-refractivity contribution in [2.45, 2.75) is 12.2 Å². The predicted octanol–water partition coefficient (Wildman–Crippen LogP) is 1.65. The molecule has 0 fully saturated rings. The Bertz CT molecular complexity index is 1240. The van der Waals surface area contributed by atoms with Gasteiger partial charge in [-0.2, -0.15) is 17.6 Å². The van der Waals surface area contributed by atoms with Crippen molar-refractivity contribution in [2.75, 3.05) is 0 Å². The number of benzene rings is 2. The predicted molar refractivity (Wildman–Crippen MR) is 97.2 cm³/mol. The van der Waals surface area contributed by atoms with Gasteiger partial charge in [-0.25, -0.2) is 9.59 Å². The largest absolute Gasteiger partial charge is 0.510 e. The average molecular weight is 480 g/mol. The lowest BCUT2D eigenvalue weighted by Crippen LogP contribution is -2.47. The van der Waals surface area contributed by atoms with Crippen LogP contribution in [0.4, 0.5) is 17.6 Å². The fourth-order valence-electron chi connectivity index (χ4n) is 3.06. The summed E-state index contributed by atoms with van der Waals surface area (Å²) in [4.78, 5) is 70.1. The number of hydrogen-bond donors (Lipinski definition) is 2. The molecule has 0 aliphatic carbocycles. The number of carbonyl (C=O) groups is 6. The Kier molecular flexibility index (Phi) is 4.96. The van der Waals surface area contributed by atoms with Gasteiger partial charge in [-0.1, -0.05) is 0 Å². The van der Waals surface area contributed by atoms with Gasteiger partial charge in [-0.05, 0) is 36.4 Å². The highest BCUT2D eigenvalue weighted by Gasteiger charge is 2.65. The Labute approximate surface area is 184 Å². The second-order valence-electron chi connectivity index (χ2n) is 6.90. The van der Waals surface area contributed by atoms with Crippen molar-refractivity contribution in [3.05, 3.63) is 69.8 Å². The topological polar surface area (TPSA) is 145 Å². The first-order chi connectivity index (χ1) is 15.8. The summed E-state index contributed by atoms with van der Waals surface area (Å²) in [6, 6.07) is 4.81. The van der Waals surface area contributed by atoms with Gasteiger partial charge in [-0.15, -0.1) is 0 Å². The summed E-state index contributed by atoms with van der Waals surface area (Å²) in [7, 11) is 0. The zero-order valence-electron chi connectivity index (χ0n) is 16.2. The van der Waals surface area contributed by atoms with E-state index in [9.17, 15) is 46.3 Å². The number of amides is 4. The van der Waals surface area contributed by atoms with Crippen LogP contribution in [0.3, 0.4) is 0 Å². The summed E-state index contributed by atoms with van der Waals surface area (Å²) in [5, 5.41) is 3.76. The van der Waals surface area contributed by atoms with Crippen LogP contribution in [0.2, 0.25) is 0 Å². The van der Waals surface area contributed by atoms with Crippen LogP contribution in [-0.4, -0.2) is 47.8 Å². The minimum atomic E-state index is -5.67. The molecular weight excluding hydrogens is 472 g/mol. The Morgan fingerprint density at radius 3 is 1.26 bits per heavy atom. The van der Waals surface area contributed by atoms with E-state index in [0.29, 0.717) is 12.1 Å². The normalized spacial score (nSPS) is 14.8. The van der Waals surface area contributed by atoms with E-state index in [1.807, 2.05) is 10.6 Å². The zero-order chi connectivity index (χ0) is 25.0. The van der Waals surface area contributed by atoms with Gasteiger partial charge in [0.05, 0.1) is 33.4 Å². The number of halogens is 4. The first-order valence-electron chi connectivity index (χ1n) is 9.02. The number of fused-ring (bicyclic) bond motifs is 2. The molecule has 2 aliphatic rings. The molecule has 0 spiro atoms. The van der Waals surface area contributed by atoms with Gasteiger partial charge in [-0.3, -0.25) is 29.8 Å². The van der Waals surface area contributed by atoms with E-state index in [2.05, 4.69) is 9.47 Å². The second kappa shape index (κ2) is 7.47. The molecule has 2 aromatic rings. The SMILES string of the molecule is O=C(OC(F)(F)C(F)(F)OC(=O)c1ccc2c(c1)C(=O)NC2=O)c1ccc2c(c1)C(=O)NC2=O. The molecule has 10 nitrogen and oxygen atoms in total. The summed E-state index contributed by atoms with van der Waals surface area (Å²) >= 11 is 0. The summed E-state index contributed by atoms with van der Waals surface area (Å²) in [5.74, 6) is -7.52. The van der Waals surface area contributed by atoms with Crippen molar-refractivity contribution in [3.8, 4) is 0 Å².